The van der Waals surface area contributed by atoms with Crippen LogP contribution in [0.5, 0.6) is 0 Å². The molecule has 2 aromatic rings. The Morgan fingerprint density at radius 2 is 2.17 bits per heavy atom. The molecule has 1 aliphatic carbocycles. The highest BCUT2D eigenvalue weighted by atomic mass is 16.5. The Bertz CT molecular complexity index is 608. The number of aryl methyl sites for hydroxylation is 1. The summed E-state index contributed by atoms with van der Waals surface area (Å²) in [6.45, 7) is 3.89. The first-order valence-electron chi connectivity index (χ1n) is 8.66. The highest BCUT2D eigenvalue weighted by Gasteiger charge is 2.22. The predicted octanol–water partition coefficient (Wildman–Crippen LogP) is 3.56. The first-order valence-corrected chi connectivity index (χ1v) is 8.66. The number of fused-ring (bicyclic) bond motifs is 1. The summed E-state index contributed by atoms with van der Waals surface area (Å²) in [5.74, 6) is 0. The van der Waals surface area contributed by atoms with Crippen molar-refractivity contribution in [2.24, 2.45) is 7.05 Å². The van der Waals surface area contributed by atoms with Gasteiger partial charge in [-0.15, -0.1) is 0 Å². The molecule has 0 saturated carbocycles. The van der Waals surface area contributed by atoms with Gasteiger partial charge in [0.25, 0.3) is 0 Å². The molecular weight excluding hydrogens is 286 g/mol. The van der Waals surface area contributed by atoms with E-state index in [1.165, 1.54) is 29.7 Å². The zero-order chi connectivity index (χ0) is 16.1. The lowest BCUT2D eigenvalue weighted by atomic mass is 9.93. The van der Waals surface area contributed by atoms with Crippen molar-refractivity contribution in [3.8, 4) is 0 Å². The Morgan fingerprint density at radius 1 is 1.35 bits per heavy atom. The molecule has 124 valence electrons. The minimum Gasteiger partial charge on any atom is -0.374 e. The van der Waals surface area contributed by atoms with Gasteiger partial charge in [-0.3, -0.25) is 4.68 Å². The number of benzene rings is 1. The molecule has 0 saturated heterocycles. The zero-order valence-electron chi connectivity index (χ0n) is 14.2. The second-order valence-corrected chi connectivity index (χ2v) is 6.35. The van der Waals surface area contributed by atoms with Gasteiger partial charge in [-0.05, 0) is 44.7 Å². The van der Waals surface area contributed by atoms with Crippen molar-refractivity contribution in [3.63, 3.8) is 0 Å². The lowest BCUT2D eigenvalue weighted by Gasteiger charge is -2.24. The van der Waals surface area contributed by atoms with Crippen LogP contribution in [0.1, 0.15) is 55.2 Å². The highest BCUT2D eigenvalue weighted by Crippen LogP contribution is 2.28. The van der Waals surface area contributed by atoms with E-state index in [0.29, 0.717) is 6.04 Å². The maximum atomic E-state index is 5.93. The number of ether oxygens (including phenoxy) is 1. The van der Waals surface area contributed by atoms with Crippen LogP contribution in [-0.4, -0.2) is 22.9 Å². The van der Waals surface area contributed by atoms with Gasteiger partial charge in [-0.2, -0.15) is 5.10 Å². The van der Waals surface area contributed by atoms with Gasteiger partial charge < -0.3 is 10.1 Å². The molecule has 4 heteroatoms. The van der Waals surface area contributed by atoms with Gasteiger partial charge >= 0.3 is 0 Å². The Labute approximate surface area is 138 Å². The molecule has 1 aliphatic rings. The molecule has 1 aromatic carbocycles. The molecule has 0 bridgehead atoms. The minimum atomic E-state index is 0.163. The Hall–Kier alpha value is -1.65. The minimum absolute atomic E-state index is 0.163. The van der Waals surface area contributed by atoms with E-state index in [1.807, 2.05) is 24.0 Å². The molecule has 1 N–H and O–H groups in total. The number of nitrogens with one attached hydrogen (secondary N) is 1. The number of hydrogen-bond acceptors (Lipinski definition) is 3. The van der Waals surface area contributed by atoms with Gasteiger partial charge in [0.2, 0.25) is 0 Å². The van der Waals surface area contributed by atoms with E-state index in [2.05, 4.69) is 41.6 Å². The summed E-state index contributed by atoms with van der Waals surface area (Å²) in [6.07, 6.45) is 6.83. The van der Waals surface area contributed by atoms with Crippen LogP contribution >= 0.6 is 0 Å². The summed E-state index contributed by atoms with van der Waals surface area (Å²) in [6, 6.07) is 10.9. The van der Waals surface area contributed by atoms with Crippen LogP contribution in [0.4, 0.5) is 0 Å². The summed E-state index contributed by atoms with van der Waals surface area (Å²) in [7, 11) is 2.04. The fourth-order valence-electron chi connectivity index (χ4n) is 3.35. The monoisotopic (exact) mass is 313 g/mol. The molecular formula is C19H27N3O. The van der Waals surface area contributed by atoms with Crippen LogP contribution < -0.4 is 5.32 Å². The van der Waals surface area contributed by atoms with E-state index >= 15 is 0 Å². The average molecular weight is 313 g/mol. The topological polar surface area (TPSA) is 39.1 Å². The fraction of sp³-hybridized carbons (Fsp3) is 0.526. The maximum absolute atomic E-state index is 5.93. The summed E-state index contributed by atoms with van der Waals surface area (Å²) >= 11 is 0. The van der Waals surface area contributed by atoms with Crippen LogP contribution in [0.25, 0.3) is 0 Å². The Balaban J connectivity index is 1.39. The van der Waals surface area contributed by atoms with Gasteiger partial charge in [0.1, 0.15) is 0 Å². The molecule has 0 unspecified atom stereocenters. The van der Waals surface area contributed by atoms with Crippen molar-refractivity contribution in [1.82, 2.24) is 15.1 Å². The van der Waals surface area contributed by atoms with Crippen molar-refractivity contribution >= 4 is 0 Å². The van der Waals surface area contributed by atoms with E-state index in [4.69, 9.17) is 4.74 Å². The normalized spacial score (nSPS) is 18.6. The van der Waals surface area contributed by atoms with Crippen LogP contribution in [0, 0.1) is 0 Å². The van der Waals surface area contributed by atoms with Gasteiger partial charge in [-0.1, -0.05) is 30.3 Å². The lowest BCUT2D eigenvalue weighted by molar-refractivity contribution is 0.0636. The standard InChI is InChI=1S/C19H27N3O/c1-15(16-8-4-3-5-9-16)23-13-7-12-20-18-10-6-11-19-17(18)14-21-22(19)2/h3-5,8-9,14-15,18,20H,6-7,10-13H2,1-2H3/t15-,18-/m1/s1. The molecule has 23 heavy (non-hydrogen) atoms. The van der Waals surface area contributed by atoms with E-state index in [1.54, 1.807) is 0 Å². The third kappa shape index (κ3) is 4.01. The Morgan fingerprint density at radius 3 is 3.00 bits per heavy atom. The van der Waals surface area contributed by atoms with Crippen molar-refractivity contribution in [2.45, 2.75) is 44.8 Å². The second-order valence-electron chi connectivity index (χ2n) is 6.35. The van der Waals surface area contributed by atoms with Crippen LogP contribution in [0.3, 0.4) is 0 Å². The summed E-state index contributed by atoms with van der Waals surface area (Å²) in [4.78, 5) is 0. The summed E-state index contributed by atoms with van der Waals surface area (Å²) in [5.41, 5.74) is 4.02. The number of nitrogens with zero attached hydrogens (tertiary/aromatic N) is 2. The predicted molar refractivity (Wildman–Crippen MR) is 92.3 cm³/mol. The number of hydrogen-bond donors (Lipinski definition) is 1. The van der Waals surface area contributed by atoms with E-state index in [-0.39, 0.29) is 6.10 Å². The smallest absolute Gasteiger partial charge is 0.0796 e. The van der Waals surface area contributed by atoms with Crippen molar-refractivity contribution in [2.75, 3.05) is 13.2 Å². The average Bonchev–Trinajstić information content (AvgIpc) is 2.97. The molecule has 4 nitrogen and oxygen atoms in total. The van der Waals surface area contributed by atoms with E-state index in [9.17, 15) is 0 Å². The van der Waals surface area contributed by atoms with Gasteiger partial charge in [0.15, 0.2) is 0 Å². The van der Waals surface area contributed by atoms with Gasteiger partial charge in [-0.25, -0.2) is 0 Å². The first-order chi connectivity index (χ1) is 11.3. The Kier molecular flexibility index (Phi) is 5.47. The van der Waals surface area contributed by atoms with Crippen LogP contribution in [0.15, 0.2) is 36.5 Å². The zero-order valence-corrected chi connectivity index (χ0v) is 14.2. The van der Waals surface area contributed by atoms with E-state index < -0.39 is 0 Å². The van der Waals surface area contributed by atoms with Gasteiger partial charge in [0.05, 0.1) is 12.3 Å². The van der Waals surface area contributed by atoms with Gasteiger partial charge in [0, 0.05) is 31.0 Å². The van der Waals surface area contributed by atoms with Crippen molar-refractivity contribution in [3.05, 3.63) is 53.3 Å². The van der Waals surface area contributed by atoms with Crippen molar-refractivity contribution in [1.29, 1.82) is 0 Å². The summed E-state index contributed by atoms with van der Waals surface area (Å²) < 4.78 is 7.96. The molecule has 1 heterocycles. The first kappa shape index (κ1) is 16.2. The van der Waals surface area contributed by atoms with Crippen LogP contribution in [-0.2, 0) is 18.2 Å². The third-order valence-corrected chi connectivity index (χ3v) is 4.72. The largest absolute Gasteiger partial charge is 0.374 e. The van der Waals surface area contributed by atoms with Crippen LogP contribution in [0.2, 0.25) is 0 Å². The third-order valence-electron chi connectivity index (χ3n) is 4.72. The molecule has 3 rings (SSSR count). The molecule has 0 aliphatic heterocycles. The summed E-state index contributed by atoms with van der Waals surface area (Å²) in [5, 5.41) is 8.07. The maximum Gasteiger partial charge on any atom is 0.0796 e. The number of rotatable bonds is 7. The molecule has 0 fully saturated rings. The van der Waals surface area contributed by atoms with Crippen molar-refractivity contribution < 1.29 is 4.74 Å². The van der Waals surface area contributed by atoms with E-state index in [0.717, 1.165) is 26.0 Å². The second kappa shape index (κ2) is 7.75. The highest BCUT2D eigenvalue weighted by molar-refractivity contribution is 5.24. The molecule has 0 amide bonds. The molecule has 0 radical (unpaired) electrons. The SMILES string of the molecule is C[C@@H](OCCCN[C@@H]1CCCc2c1cnn2C)c1ccccc1. The molecule has 1 aromatic heterocycles. The molecule has 0 spiro atoms. The fourth-order valence-corrected chi connectivity index (χ4v) is 3.35. The molecule has 2 atom stereocenters. The lowest BCUT2D eigenvalue weighted by Crippen LogP contribution is -2.26. The quantitative estimate of drug-likeness (QED) is 0.795. The number of aromatic nitrogens is 2.